The highest BCUT2D eigenvalue weighted by Gasteiger charge is 2.13. The van der Waals surface area contributed by atoms with Gasteiger partial charge in [-0.1, -0.05) is 24.3 Å². The highest BCUT2D eigenvalue weighted by atomic mass is 19.1. The largest absolute Gasteiger partial charge is 0.454 e. The minimum atomic E-state index is -0.301. The smallest absolute Gasteiger partial charge is 0.231 e. The zero-order chi connectivity index (χ0) is 11.7. The van der Waals surface area contributed by atoms with Gasteiger partial charge in [-0.25, -0.2) is 4.39 Å². The summed E-state index contributed by atoms with van der Waals surface area (Å²) in [7, 11) is 0. The fourth-order valence-corrected chi connectivity index (χ4v) is 1.86. The summed E-state index contributed by atoms with van der Waals surface area (Å²) >= 11 is 0. The van der Waals surface area contributed by atoms with Gasteiger partial charge in [-0.15, -0.1) is 0 Å². The normalized spacial score (nSPS) is 12.8. The minimum Gasteiger partial charge on any atom is -0.454 e. The first kappa shape index (κ1) is 10.1. The Kier molecular flexibility index (Phi) is 2.44. The van der Waals surface area contributed by atoms with Gasteiger partial charge in [-0.3, -0.25) is 0 Å². The van der Waals surface area contributed by atoms with Crippen molar-refractivity contribution in [1.82, 2.24) is 0 Å². The van der Waals surface area contributed by atoms with E-state index in [-0.39, 0.29) is 12.6 Å². The van der Waals surface area contributed by atoms with E-state index in [0.717, 1.165) is 17.1 Å². The quantitative estimate of drug-likeness (QED) is 0.788. The molecule has 0 atom stereocenters. The Morgan fingerprint density at radius 3 is 2.94 bits per heavy atom. The number of halogens is 1. The van der Waals surface area contributed by atoms with Gasteiger partial charge in [0.2, 0.25) is 6.79 Å². The lowest BCUT2D eigenvalue weighted by Crippen LogP contribution is -1.93. The molecule has 85 valence electrons. The summed E-state index contributed by atoms with van der Waals surface area (Å²) < 4.78 is 23.9. The van der Waals surface area contributed by atoms with Crippen LogP contribution in [0, 0.1) is 11.9 Å². The van der Waals surface area contributed by atoms with E-state index >= 15 is 0 Å². The first-order valence-corrected chi connectivity index (χ1v) is 5.36. The fraction of sp³-hybridized carbons (Fsp3) is 0.143. The molecule has 2 nitrogen and oxygen atoms in total. The lowest BCUT2D eigenvalue weighted by atomic mass is 10.0. The Bertz CT molecular complexity index is 552. The zero-order valence-electron chi connectivity index (χ0n) is 9.07. The molecule has 3 rings (SSSR count). The molecule has 1 radical (unpaired) electrons. The second-order valence-electron chi connectivity index (χ2n) is 3.87. The van der Waals surface area contributed by atoms with Crippen LogP contribution < -0.4 is 9.47 Å². The second-order valence-corrected chi connectivity index (χ2v) is 3.87. The topological polar surface area (TPSA) is 18.5 Å². The van der Waals surface area contributed by atoms with Gasteiger partial charge in [0.1, 0.15) is 5.82 Å². The van der Waals surface area contributed by atoms with Crippen molar-refractivity contribution in [2.45, 2.75) is 6.42 Å². The average Bonchev–Trinajstić information content (AvgIpc) is 2.79. The third-order valence-electron chi connectivity index (χ3n) is 2.72. The highest BCUT2D eigenvalue weighted by Crippen LogP contribution is 2.33. The lowest BCUT2D eigenvalue weighted by Gasteiger charge is -2.04. The van der Waals surface area contributed by atoms with E-state index in [1.807, 2.05) is 18.2 Å². The van der Waals surface area contributed by atoms with Crippen LogP contribution in [-0.4, -0.2) is 6.79 Å². The van der Waals surface area contributed by atoms with Gasteiger partial charge in [0.15, 0.2) is 11.5 Å². The van der Waals surface area contributed by atoms with E-state index < -0.39 is 0 Å². The predicted molar refractivity (Wildman–Crippen MR) is 60.6 cm³/mol. The molecule has 0 aromatic heterocycles. The van der Waals surface area contributed by atoms with Crippen LogP contribution in [0.2, 0.25) is 0 Å². The van der Waals surface area contributed by atoms with Crippen molar-refractivity contribution < 1.29 is 13.9 Å². The highest BCUT2D eigenvalue weighted by molar-refractivity contribution is 5.45. The molecule has 2 aromatic carbocycles. The van der Waals surface area contributed by atoms with E-state index in [0.29, 0.717) is 12.0 Å². The van der Waals surface area contributed by atoms with Crippen LogP contribution in [0.3, 0.4) is 0 Å². The third kappa shape index (κ3) is 1.96. The molecule has 17 heavy (non-hydrogen) atoms. The SMILES string of the molecule is Fc1[c]cccc1Cc1ccc2c(c1)OCO2. The molecule has 0 N–H and O–H groups in total. The fourth-order valence-electron chi connectivity index (χ4n) is 1.86. The number of rotatable bonds is 2. The monoisotopic (exact) mass is 229 g/mol. The van der Waals surface area contributed by atoms with E-state index in [4.69, 9.17) is 9.47 Å². The molecule has 3 heteroatoms. The molecule has 1 aliphatic rings. The number of benzene rings is 2. The van der Waals surface area contributed by atoms with Crippen molar-refractivity contribution in [3.63, 3.8) is 0 Å². The summed E-state index contributed by atoms with van der Waals surface area (Å²) in [6, 6.07) is 13.3. The van der Waals surface area contributed by atoms with E-state index in [1.54, 1.807) is 18.2 Å². The molecular weight excluding hydrogens is 219 g/mol. The minimum absolute atomic E-state index is 0.256. The summed E-state index contributed by atoms with van der Waals surface area (Å²) in [5.41, 5.74) is 1.62. The molecule has 0 bridgehead atoms. The molecule has 0 amide bonds. The average molecular weight is 229 g/mol. The maximum atomic E-state index is 13.4. The molecule has 0 spiro atoms. The molecule has 0 saturated carbocycles. The van der Waals surface area contributed by atoms with Gasteiger partial charge in [0.05, 0.1) is 0 Å². The maximum Gasteiger partial charge on any atom is 0.231 e. The van der Waals surface area contributed by atoms with Crippen molar-refractivity contribution in [3.8, 4) is 11.5 Å². The lowest BCUT2D eigenvalue weighted by molar-refractivity contribution is 0.174. The molecule has 1 aliphatic heterocycles. The van der Waals surface area contributed by atoms with Gasteiger partial charge in [0, 0.05) is 12.5 Å². The van der Waals surface area contributed by atoms with Gasteiger partial charge >= 0.3 is 0 Å². The Morgan fingerprint density at radius 1 is 1.18 bits per heavy atom. The zero-order valence-corrected chi connectivity index (χ0v) is 9.07. The summed E-state index contributed by atoms with van der Waals surface area (Å²) in [6.45, 7) is 0.256. The molecular formula is C14H10FO2. The van der Waals surface area contributed by atoms with Gasteiger partial charge < -0.3 is 9.47 Å². The Morgan fingerprint density at radius 2 is 2.06 bits per heavy atom. The summed E-state index contributed by atoms with van der Waals surface area (Å²) in [5.74, 6) is 1.17. The van der Waals surface area contributed by atoms with E-state index in [9.17, 15) is 4.39 Å². The summed E-state index contributed by atoms with van der Waals surface area (Å²) in [4.78, 5) is 0. The van der Waals surface area contributed by atoms with Crippen LogP contribution >= 0.6 is 0 Å². The number of ether oxygens (including phenoxy) is 2. The van der Waals surface area contributed by atoms with Crippen LogP contribution in [0.15, 0.2) is 36.4 Å². The van der Waals surface area contributed by atoms with Crippen molar-refractivity contribution in [1.29, 1.82) is 0 Å². The third-order valence-corrected chi connectivity index (χ3v) is 2.72. The Balaban J connectivity index is 1.89. The summed E-state index contributed by atoms with van der Waals surface area (Å²) in [6.07, 6.45) is 0.528. The van der Waals surface area contributed by atoms with E-state index in [1.165, 1.54) is 0 Å². The van der Waals surface area contributed by atoms with Crippen molar-refractivity contribution >= 4 is 0 Å². The Hall–Kier alpha value is -2.03. The van der Waals surface area contributed by atoms with Crippen LogP contribution in [0.1, 0.15) is 11.1 Å². The number of hydrogen-bond acceptors (Lipinski definition) is 2. The summed E-state index contributed by atoms with van der Waals surface area (Å²) in [5, 5.41) is 0. The standard InChI is InChI=1S/C14H10FO2/c15-12-4-2-1-3-11(12)7-10-5-6-13-14(8-10)17-9-16-13/h1-3,5-6,8H,7,9H2. The first-order valence-electron chi connectivity index (χ1n) is 5.36. The second kappa shape index (κ2) is 4.09. The molecule has 0 saturated heterocycles. The number of fused-ring (bicyclic) bond motifs is 1. The van der Waals surface area contributed by atoms with Crippen molar-refractivity contribution in [3.05, 3.63) is 59.4 Å². The van der Waals surface area contributed by atoms with Crippen LogP contribution in [0.25, 0.3) is 0 Å². The number of hydrogen-bond donors (Lipinski definition) is 0. The predicted octanol–water partition coefficient (Wildman–Crippen LogP) is 2.95. The van der Waals surface area contributed by atoms with Crippen molar-refractivity contribution in [2.75, 3.05) is 6.79 Å². The molecule has 1 heterocycles. The van der Waals surface area contributed by atoms with Crippen LogP contribution in [-0.2, 0) is 6.42 Å². The molecule has 0 unspecified atom stereocenters. The van der Waals surface area contributed by atoms with Gasteiger partial charge in [-0.05, 0) is 23.3 Å². The maximum absolute atomic E-state index is 13.4. The Labute approximate surface area is 98.6 Å². The molecule has 0 aliphatic carbocycles. The molecule has 2 aromatic rings. The van der Waals surface area contributed by atoms with Crippen molar-refractivity contribution in [2.24, 2.45) is 0 Å². The van der Waals surface area contributed by atoms with Gasteiger partial charge in [-0.2, -0.15) is 0 Å². The molecule has 0 fully saturated rings. The van der Waals surface area contributed by atoms with Crippen LogP contribution in [0.5, 0.6) is 11.5 Å². The van der Waals surface area contributed by atoms with Gasteiger partial charge in [0.25, 0.3) is 0 Å². The first-order chi connectivity index (χ1) is 8.33. The van der Waals surface area contributed by atoms with Crippen LogP contribution in [0.4, 0.5) is 4.39 Å². The van der Waals surface area contributed by atoms with E-state index in [2.05, 4.69) is 6.07 Å².